The Bertz CT molecular complexity index is 592. The molecule has 3 rings (SSSR count). The van der Waals surface area contributed by atoms with Gasteiger partial charge in [0.25, 0.3) is 0 Å². The molecule has 3 heteroatoms. The zero-order valence-corrected chi connectivity index (χ0v) is 16.9. The maximum atomic E-state index is 4.93. The first-order valence-corrected chi connectivity index (χ1v) is 12.7. The minimum atomic E-state index is -0.826. The van der Waals surface area contributed by atoms with Gasteiger partial charge in [0, 0.05) is 0 Å². The van der Waals surface area contributed by atoms with Crippen LogP contribution in [-0.2, 0) is 20.8 Å². The van der Waals surface area contributed by atoms with E-state index < -0.39 is 20.8 Å². The Morgan fingerprint density at radius 3 is 2.14 bits per heavy atom. The average Bonchev–Trinajstić information content (AvgIpc) is 3.03. The maximum absolute atomic E-state index is 4.93. The fourth-order valence-corrected chi connectivity index (χ4v) is 2.29. The van der Waals surface area contributed by atoms with Crippen molar-refractivity contribution < 1.29 is 20.8 Å². The Balaban J connectivity index is 0.000000374. The van der Waals surface area contributed by atoms with Crippen LogP contribution in [0.15, 0.2) is 54.6 Å². The molecule has 0 saturated heterocycles. The van der Waals surface area contributed by atoms with E-state index in [1.807, 2.05) is 30.3 Å². The fourth-order valence-electron chi connectivity index (χ4n) is 2.29. The molecule has 0 amide bonds. The van der Waals surface area contributed by atoms with Gasteiger partial charge in [0.1, 0.15) is 0 Å². The van der Waals surface area contributed by atoms with E-state index in [2.05, 4.69) is 45.0 Å². The van der Waals surface area contributed by atoms with Crippen LogP contribution in [0, 0.1) is 28.2 Å². The molecule has 0 aromatic heterocycles. The summed E-state index contributed by atoms with van der Waals surface area (Å²) in [6.07, 6.45) is 0. The van der Waals surface area contributed by atoms with Crippen molar-refractivity contribution in [2.75, 3.05) is 0 Å². The van der Waals surface area contributed by atoms with E-state index >= 15 is 0 Å². The van der Waals surface area contributed by atoms with Gasteiger partial charge < -0.3 is 7.43 Å². The number of aryl methyl sites for hydroxylation is 3. The van der Waals surface area contributed by atoms with Crippen molar-refractivity contribution in [3.05, 3.63) is 78.7 Å². The van der Waals surface area contributed by atoms with Crippen LogP contribution in [0.2, 0.25) is 0 Å². The Labute approximate surface area is 147 Å². The molecule has 21 heavy (non-hydrogen) atoms. The number of rotatable bonds is 0. The van der Waals surface area contributed by atoms with E-state index in [0.717, 1.165) is 0 Å². The van der Waals surface area contributed by atoms with E-state index in [0.29, 0.717) is 0 Å². The molecule has 0 heterocycles. The third kappa shape index (κ3) is 6.96. The van der Waals surface area contributed by atoms with Crippen LogP contribution in [0.5, 0.6) is 0 Å². The smallest absolute Gasteiger partial charge is 0.172 e. The molecule has 0 N–H and O–H groups in total. The predicted molar refractivity (Wildman–Crippen MR) is 93.9 cm³/mol. The van der Waals surface area contributed by atoms with Crippen molar-refractivity contribution in [1.82, 2.24) is 0 Å². The van der Waals surface area contributed by atoms with Gasteiger partial charge in [-0.15, -0.1) is 28.0 Å². The van der Waals surface area contributed by atoms with Gasteiger partial charge in [-0.05, 0) is 6.92 Å². The summed E-state index contributed by atoms with van der Waals surface area (Å²) in [4.78, 5) is 0. The van der Waals surface area contributed by atoms with Crippen LogP contribution < -0.4 is 0 Å². The summed E-state index contributed by atoms with van der Waals surface area (Å²) in [5, 5.41) is 2.81. The average molecular weight is 399 g/mol. The number of benzene rings is 1. The standard InChI is InChI=1S/C12H13.C5H5.CH3.2ClH.Zr/c1-8-6-10(3)12-9(2)4-5-11(12)7-8;1-2-4-5-3-1;;;;/h4-7H,1-3H3;1-5H;1H3;2*1H;/q3*-1;;;+2/p-2. The van der Waals surface area contributed by atoms with Crippen LogP contribution in [0.25, 0.3) is 10.8 Å². The molecular formula is C18H21Cl2Zr-3. The zero-order valence-electron chi connectivity index (χ0n) is 13.0. The molecule has 114 valence electrons. The second kappa shape index (κ2) is 11.2. The zero-order chi connectivity index (χ0) is 15.0. The Morgan fingerprint density at radius 2 is 1.67 bits per heavy atom. The summed E-state index contributed by atoms with van der Waals surface area (Å²) >= 11 is -0.826. The van der Waals surface area contributed by atoms with Crippen LogP contribution in [0.3, 0.4) is 0 Å². The summed E-state index contributed by atoms with van der Waals surface area (Å²) in [7, 11) is 9.87. The van der Waals surface area contributed by atoms with Gasteiger partial charge in [-0.25, -0.2) is 12.1 Å². The normalized spacial score (nSPS) is 8.81. The molecule has 0 unspecified atom stereocenters. The van der Waals surface area contributed by atoms with Crippen molar-refractivity contribution >= 4 is 27.8 Å². The van der Waals surface area contributed by atoms with Gasteiger partial charge in [0.05, 0.1) is 0 Å². The first-order chi connectivity index (χ1) is 9.60. The minimum Gasteiger partial charge on any atom is -0.214 e. The Kier molecular flexibility index (Phi) is 11.1. The molecule has 3 aromatic carbocycles. The third-order valence-corrected chi connectivity index (χ3v) is 2.97. The first kappa shape index (κ1) is 20.6. The number of halogens is 2. The van der Waals surface area contributed by atoms with E-state index in [1.54, 1.807) is 0 Å². The number of hydrogen-bond acceptors (Lipinski definition) is 0. The molecule has 0 spiro atoms. The maximum Gasteiger partial charge on any atom is -0.172 e. The van der Waals surface area contributed by atoms with Crippen molar-refractivity contribution in [1.29, 1.82) is 0 Å². The van der Waals surface area contributed by atoms with E-state index in [1.165, 1.54) is 27.5 Å². The van der Waals surface area contributed by atoms with Crippen LogP contribution >= 0.6 is 17.0 Å². The molecule has 0 atom stereocenters. The van der Waals surface area contributed by atoms with Crippen molar-refractivity contribution in [3.8, 4) is 0 Å². The quantitative estimate of drug-likeness (QED) is 0.368. The molecule has 0 radical (unpaired) electrons. The van der Waals surface area contributed by atoms with Crippen molar-refractivity contribution in [3.63, 3.8) is 0 Å². The van der Waals surface area contributed by atoms with Gasteiger partial charge >= 0.3 is 37.9 Å². The molecule has 0 aliphatic carbocycles. The molecular weight excluding hydrogens is 378 g/mol. The number of hydrogen-bond donors (Lipinski definition) is 0. The van der Waals surface area contributed by atoms with E-state index in [9.17, 15) is 0 Å². The minimum absolute atomic E-state index is 0. The van der Waals surface area contributed by atoms with Gasteiger partial charge in [0.15, 0.2) is 0 Å². The van der Waals surface area contributed by atoms with Gasteiger partial charge in [0.2, 0.25) is 0 Å². The predicted octanol–water partition coefficient (Wildman–Crippen LogP) is 6.72. The van der Waals surface area contributed by atoms with Crippen LogP contribution in [-0.4, -0.2) is 0 Å². The van der Waals surface area contributed by atoms with Gasteiger partial charge in [-0.1, -0.05) is 25.5 Å². The molecule has 0 aliphatic rings. The van der Waals surface area contributed by atoms with E-state index in [4.69, 9.17) is 17.0 Å². The first-order valence-electron chi connectivity index (χ1n) is 6.36. The van der Waals surface area contributed by atoms with E-state index in [-0.39, 0.29) is 7.43 Å². The monoisotopic (exact) mass is 397 g/mol. The molecule has 0 bridgehead atoms. The largest absolute Gasteiger partial charge is 0.214 e. The van der Waals surface area contributed by atoms with Crippen molar-refractivity contribution in [2.45, 2.75) is 20.8 Å². The van der Waals surface area contributed by atoms with Gasteiger partial charge in [-0.2, -0.15) is 30.3 Å². The second-order valence-corrected chi connectivity index (χ2v) is 8.33. The summed E-state index contributed by atoms with van der Waals surface area (Å²) in [6.45, 7) is 6.50. The topological polar surface area (TPSA) is 0 Å². The summed E-state index contributed by atoms with van der Waals surface area (Å²) in [5.41, 5.74) is 4.14. The summed E-state index contributed by atoms with van der Waals surface area (Å²) in [6, 6.07) is 18.9. The second-order valence-electron chi connectivity index (χ2n) is 4.60. The molecule has 0 nitrogen and oxygen atoms in total. The van der Waals surface area contributed by atoms with Crippen LogP contribution in [0.4, 0.5) is 0 Å². The molecule has 0 fully saturated rings. The van der Waals surface area contributed by atoms with Crippen molar-refractivity contribution in [2.24, 2.45) is 0 Å². The SMILES string of the molecule is Cc1cc(C)c2c(cc[c-]2C)c1.[CH3-].[Cl][Zr][Cl].c1cc[cH-]c1. The van der Waals surface area contributed by atoms with Gasteiger partial charge in [-0.3, -0.25) is 0 Å². The van der Waals surface area contributed by atoms with Crippen LogP contribution in [0.1, 0.15) is 16.7 Å². The summed E-state index contributed by atoms with van der Waals surface area (Å²) in [5.74, 6) is 0. The molecule has 0 saturated carbocycles. The fraction of sp³-hybridized carbons (Fsp3) is 0.167. The Morgan fingerprint density at radius 1 is 1.10 bits per heavy atom. The molecule has 0 aliphatic heterocycles. The Hall–Kier alpha value is -0.357. The third-order valence-electron chi connectivity index (χ3n) is 2.97. The number of fused-ring (bicyclic) bond motifs is 1. The molecule has 3 aromatic rings. The summed E-state index contributed by atoms with van der Waals surface area (Å²) < 4.78 is 0.